The van der Waals surface area contributed by atoms with E-state index in [0.717, 1.165) is 11.3 Å². The number of aromatic nitrogens is 3. The lowest BCUT2D eigenvalue weighted by Gasteiger charge is -2.07. The summed E-state index contributed by atoms with van der Waals surface area (Å²) in [5.74, 6) is 1.19. The van der Waals surface area contributed by atoms with Crippen LogP contribution in [-0.4, -0.2) is 20.8 Å². The number of amides is 1. The number of nitrogens with one attached hydrogen (secondary N) is 1. The van der Waals surface area contributed by atoms with Gasteiger partial charge in [0.15, 0.2) is 11.5 Å². The van der Waals surface area contributed by atoms with Gasteiger partial charge in [0.25, 0.3) is 5.91 Å². The molecule has 164 valence electrons. The van der Waals surface area contributed by atoms with Crippen molar-refractivity contribution >= 4 is 23.3 Å². The lowest BCUT2D eigenvalue weighted by molar-refractivity contribution is 0.101. The van der Waals surface area contributed by atoms with Crippen molar-refractivity contribution in [1.29, 1.82) is 0 Å². The molecule has 1 N–H and O–H groups in total. The summed E-state index contributed by atoms with van der Waals surface area (Å²) in [6.07, 6.45) is 0. The van der Waals surface area contributed by atoms with Crippen LogP contribution in [0.4, 0.5) is 5.82 Å². The molecule has 0 radical (unpaired) electrons. The molecule has 1 amide bonds. The summed E-state index contributed by atoms with van der Waals surface area (Å²) >= 11 is 5.90. The van der Waals surface area contributed by atoms with Gasteiger partial charge in [-0.05, 0) is 50.6 Å². The molecule has 2 aromatic carbocycles. The third kappa shape index (κ3) is 5.00. The van der Waals surface area contributed by atoms with E-state index in [1.165, 1.54) is 5.56 Å². The first kappa shape index (κ1) is 21.6. The standard InChI is InChI=1S/C24H23ClN4O3/c1-15-5-4-6-18(11-15)13-29-16(2)12-22(27-29)26-24(30)23-21(17(3)32-28-23)14-31-20-9-7-19(25)8-10-20/h4-12H,13-14H2,1-3H3,(H,26,27,30). The summed E-state index contributed by atoms with van der Waals surface area (Å²) in [6, 6.07) is 17.1. The number of halogens is 1. The molecule has 8 heteroatoms. The molecular formula is C24H23ClN4O3. The van der Waals surface area contributed by atoms with Crippen LogP contribution in [0.2, 0.25) is 5.02 Å². The largest absolute Gasteiger partial charge is 0.489 e. The first-order valence-corrected chi connectivity index (χ1v) is 10.5. The van der Waals surface area contributed by atoms with Crippen molar-refractivity contribution in [3.8, 4) is 5.75 Å². The lowest BCUT2D eigenvalue weighted by Crippen LogP contribution is -2.16. The number of aryl methyl sites for hydroxylation is 3. The number of benzene rings is 2. The number of carbonyl (C=O) groups is 1. The Morgan fingerprint density at radius 2 is 1.91 bits per heavy atom. The van der Waals surface area contributed by atoms with Gasteiger partial charge >= 0.3 is 0 Å². The van der Waals surface area contributed by atoms with E-state index in [4.69, 9.17) is 20.9 Å². The summed E-state index contributed by atoms with van der Waals surface area (Å²) in [5, 5.41) is 11.9. The van der Waals surface area contributed by atoms with Crippen LogP contribution >= 0.6 is 11.6 Å². The average molecular weight is 451 g/mol. The molecule has 0 spiro atoms. The Labute approximate surface area is 190 Å². The molecule has 4 aromatic rings. The van der Waals surface area contributed by atoms with E-state index in [9.17, 15) is 4.79 Å². The van der Waals surface area contributed by atoms with Crippen LogP contribution in [0.3, 0.4) is 0 Å². The van der Waals surface area contributed by atoms with Gasteiger partial charge in [0.05, 0.1) is 12.1 Å². The molecule has 0 unspecified atom stereocenters. The minimum atomic E-state index is -0.406. The molecule has 0 aliphatic rings. The van der Waals surface area contributed by atoms with Crippen LogP contribution in [0.5, 0.6) is 5.75 Å². The van der Waals surface area contributed by atoms with Gasteiger partial charge in [0.1, 0.15) is 18.1 Å². The van der Waals surface area contributed by atoms with Crippen LogP contribution < -0.4 is 10.1 Å². The monoisotopic (exact) mass is 450 g/mol. The third-order valence-corrected chi connectivity index (χ3v) is 5.29. The SMILES string of the molecule is Cc1cccc(Cn2nc(NC(=O)c3noc(C)c3COc3ccc(Cl)cc3)cc2C)c1. The van der Waals surface area contributed by atoms with Crippen LogP contribution in [-0.2, 0) is 13.2 Å². The number of rotatable bonds is 7. The Morgan fingerprint density at radius 1 is 1.12 bits per heavy atom. The van der Waals surface area contributed by atoms with Gasteiger partial charge in [-0.2, -0.15) is 5.10 Å². The van der Waals surface area contributed by atoms with E-state index in [-0.39, 0.29) is 12.3 Å². The first-order chi connectivity index (χ1) is 15.4. The molecule has 0 aliphatic carbocycles. The maximum atomic E-state index is 12.9. The summed E-state index contributed by atoms with van der Waals surface area (Å²) in [4.78, 5) is 12.9. The predicted octanol–water partition coefficient (Wildman–Crippen LogP) is 5.33. The van der Waals surface area contributed by atoms with E-state index < -0.39 is 5.91 Å². The molecule has 4 rings (SSSR count). The Hall–Kier alpha value is -3.58. The number of nitrogens with zero attached hydrogens (tertiary/aromatic N) is 3. The van der Waals surface area contributed by atoms with Crippen LogP contribution in [0.1, 0.15) is 38.6 Å². The average Bonchev–Trinajstić information content (AvgIpc) is 3.29. The molecule has 0 saturated carbocycles. The van der Waals surface area contributed by atoms with Gasteiger partial charge in [0, 0.05) is 16.8 Å². The Balaban J connectivity index is 1.46. The quantitative estimate of drug-likeness (QED) is 0.411. The van der Waals surface area contributed by atoms with Crippen molar-refractivity contribution < 1.29 is 14.1 Å². The molecule has 0 bridgehead atoms. The first-order valence-electron chi connectivity index (χ1n) is 10.1. The Morgan fingerprint density at radius 3 is 2.66 bits per heavy atom. The Bertz CT molecular complexity index is 1240. The van der Waals surface area contributed by atoms with Crippen molar-refractivity contribution in [2.24, 2.45) is 0 Å². The molecule has 0 saturated heterocycles. The molecule has 0 atom stereocenters. The molecule has 0 aliphatic heterocycles. The van der Waals surface area contributed by atoms with Crippen LogP contribution in [0, 0.1) is 20.8 Å². The fourth-order valence-electron chi connectivity index (χ4n) is 3.32. The zero-order valence-corrected chi connectivity index (χ0v) is 18.8. The van der Waals surface area contributed by atoms with E-state index in [1.807, 2.05) is 23.7 Å². The van der Waals surface area contributed by atoms with Gasteiger partial charge in [0.2, 0.25) is 0 Å². The van der Waals surface area contributed by atoms with Crippen molar-refractivity contribution in [3.05, 3.63) is 93.5 Å². The van der Waals surface area contributed by atoms with Crippen LogP contribution in [0.25, 0.3) is 0 Å². The van der Waals surface area contributed by atoms with Crippen molar-refractivity contribution in [3.63, 3.8) is 0 Å². The molecule has 2 heterocycles. The highest BCUT2D eigenvalue weighted by molar-refractivity contribution is 6.30. The second-order valence-corrected chi connectivity index (χ2v) is 8.02. The van der Waals surface area contributed by atoms with Gasteiger partial charge in [-0.15, -0.1) is 0 Å². The second kappa shape index (κ2) is 9.28. The summed E-state index contributed by atoms with van der Waals surface area (Å²) in [5.41, 5.74) is 4.01. The number of carbonyl (C=O) groups excluding carboxylic acids is 1. The van der Waals surface area contributed by atoms with E-state index in [0.29, 0.717) is 34.5 Å². The zero-order valence-electron chi connectivity index (χ0n) is 18.1. The maximum absolute atomic E-state index is 12.9. The highest BCUT2D eigenvalue weighted by Gasteiger charge is 2.21. The lowest BCUT2D eigenvalue weighted by atomic mass is 10.1. The zero-order chi connectivity index (χ0) is 22.7. The molecular weight excluding hydrogens is 428 g/mol. The smallest absolute Gasteiger partial charge is 0.279 e. The van der Waals surface area contributed by atoms with Gasteiger partial charge in [-0.25, -0.2) is 0 Å². The fourth-order valence-corrected chi connectivity index (χ4v) is 3.44. The minimum Gasteiger partial charge on any atom is -0.489 e. The minimum absolute atomic E-state index is 0.139. The maximum Gasteiger partial charge on any atom is 0.279 e. The van der Waals surface area contributed by atoms with E-state index >= 15 is 0 Å². The van der Waals surface area contributed by atoms with Crippen molar-refractivity contribution in [1.82, 2.24) is 14.9 Å². The number of ether oxygens (including phenoxy) is 1. The predicted molar refractivity (Wildman–Crippen MR) is 122 cm³/mol. The highest BCUT2D eigenvalue weighted by atomic mass is 35.5. The molecule has 7 nitrogen and oxygen atoms in total. The highest BCUT2D eigenvalue weighted by Crippen LogP contribution is 2.21. The van der Waals surface area contributed by atoms with Gasteiger partial charge < -0.3 is 14.6 Å². The third-order valence-electron chi connectivity index (χ3n) is 5.03. The molecule has 32 heavy (non-hydrogen) atoms. The molecule has 0 fully saturated rings. The summed E-state index contributed by atoms with van der Waals surface area (Å²) in [7, 11) is 0. The number of hydrogen-bond donors (Lipinski definition) is 1. The summed E-state index contributed by atoms with van der Waals surface area (Å²) in [6.45, 7) is 6.50. The normalized spacial score (nSPS) is 10.9. The number of anilines is 1. The topological polar surface area (TPSA) is 82.2 Å². The summed E-state index contributed by atoms with van der Waals surface area (Å²) < 4.78 is 12.9. The Kier molecular flexibility index (Phi) is 6.28. The second-order valence-electron chi connectivity index (χ2n) is 7.58. The number of hydrogen-bond acceptors (Lipinski definition) is 5. The van der Waals surface area contributed by atoms with Gasteiger partial charge in [-0.1, -0.05) is 46.6 Å². The van der Waals surface area contributed by atoms with Crippen molar-refractivity contribution in [2.75, 3.05) is 5.32 Å². The molecule has 2 aromatic heterocycles. The van der Waals surface area contributed by atoms with E-state index in [2.05, 4.69) is 40.7 Å². The van der Waals surface area contributed by atoms with Crippen LogP contribution in [0.15, 0.2) is 59.1 Å². The van der Waals surface area contributed by atoms with Crippen molar-refractivity contribution in [2.45, 2.75) is 33.9 Å². The van der Waals surface area contributed by atoms with E-state index in [1.54, 1.807) is 31.2 Å². The van der Waals surface area contributed by atoms with Gasteiger partial charge in [-0.3, -0.25) is 9.48 Å². The fraction of sp³-hybridized carbons (Fsp3) is 0.208.